The Balaban J connectivity index is 0.000000399. The summed E-state index contributed by atoms with van der Waals surface area (Å²) in [5.41, 5.74) is 10.3. The molecule has 0 fully saturated rings. The minimum atomic E-state index is -5.08. The first kappa shape index (κ1) is 16.4. The molecule has 1 aromatic carbocycles. The van der Waals surface area contributed by atoms with Crippen LogP contribution in [0.5, 0.6) is 0 Å². The summed E-state index contributed by atoms with van der Waals surface area (Å²) < 4.78 is 31.7. The normalized spacial score (nSPS) is 10.1. The summed E-state index contributed by atoms with van der Waals surface area (Å²) in [4.78, 5) is 30.4. The molecule has 19 heavy (non-hydrogen) atoms. The molecular weight excluding hydrogens is 269 g/mol. The summed E-state index contributed by atoms with van der Waals surface area (Å²) >= 11 is 0. The van der Waals surface area contributed by atoms with E-state index in [1.807, 2.05) is 0 Å². The second-order valence-electron chi connectivity index (χ2n) is 3.08. The van der Waals surface area contributed by atoms with Gasteiger partial charge in [0.15, 0.2) is 0 Å². The van der Waals surface area contributed by atoms with Gasteiger partial charge in [0.25, 0.3) is 0 Å². The smallest absolute Gasteiger partial charge is 0.475 e. The molecule has 1 aromatic rings. The molecule has 0 aliphatic heterocycles. The zero-order valence-corrected chi connectivity index (χ0v) is 9.27. The third-order valence-electron chi connectivity index (χ3n) is 1.70. The van der Waals surface area contributed by atoms with E-state index in [-0.39, 0.29) is 11.1 Å². The lowest BCUT2D eigenvalue weighted by Crippen LogP contribution is -2.21. The van der Waals surface area contributed by atoms with E-state index < -0.39 is 24.0 Å². The molecule has 0 atom stereocenters. The van der Waals surface area contributed by atoms with Gasteiger partial charge in [-0.2, -0.15) is 13.2 Å². The molecule has 9 heteroatoms. The highest BCUT2D eigenvalue weighted by atomic mass is 19.4. The Morgan fingerprint density at radius 1 is 0.947 bits per heavy atom. The first-order chi connectivity index (χ1) is 8.57. The second-order valence-corrected chi connectivity index (χ2v) is 3.08. The fraction of sp³-hybridized carbons (Fsp3) is 0.100. The number of rotatable bonds is 2. The lowest BCUT2D eigenvalue weighted by molar-refractivity contribution is -0.192. The van der Waals surface area contributed by atoms with E-state index in [2.05, 4.69) is 0 Å². The predicted octanol–water partition coefficient (Wildman–Crippen LogP) is 0.518. The van der Waals surface area contributed by atoms with Crippen molar-refractivity contribution >= 4 is 17.8 Å². The summed E-state index contributed by atoms with van der Waals surface area (Å²) in [6.45, 7) is 0. The fourth-order valence-electron chi connectivity index (χ4n) is 0.913. The number of hydrogen-bond donors (Lipinski definition) is 3. The van der Waals surface area contributed by atoms with Gasteiger partial charge in [-0.25, -0.2) is 4.79 Å². The minimum absolute atomic E-state index is 0.157. The average Bonchev–Trinajstić information content (AvgIpc) is 2.28. The molecule has 1 rings (SSSR count). The van der Waals surface area contributed by atoms with Crippen LogP contribution in [0.3, 0.4) is 0 Å². The molecular formula is C10H9F3N2O4. The zero-order valence-electron chi connectivity index (χ0n) is 9.27. The van der Waals surface area contributed by atoms with Gasteiger partial charge in [-0.3, -0.25) is 9.59 Å². The highest BCUT2D eigenvalue weighted by molar-refractivity contribution is 6.06. The van der Waals surface area contributed by atoms with Crippen LogP contribution in [-0.4, -0.2) is 29.1 Å². The van der Waals surface area contributed by atoms with Gasteiger partial charge in [0.2, 0.25) is 11.8 Å². The first-order valence-corrected chi connectivity index (χ1v) is 4.56. The van der Waals surface area contributed by atoms with Gasteiger partial charge in [0, 0.05) is 0 Å². The van der Waals surface area contributed by atoms with E-state index in [9.17, 15) is 22.8 Å². The number of primary amides is 2. The van der Waals surface area contributed by atoms with E-state index in [0.717, 1.165) is 0 Å². The van der Waals surface area contributed by atoms with Crippen molar-refractivity contribution < 1.29 is 32.7 Å². The molecule has 104 valence electrons. The fourth-order valence-corrected chi connectivity index (χ4v) is 0.913. The Morgan fingerprint density at radius 3 is 1.37 bits per heavy atom. The number of carboxylic acids is 1. The van der Waals surface area contributed by atoms with E-state index in [1.54, 1.807) is 12.1 Å². The number of alkyl halides is 3. The molecule has 0 bridgehead atoms. The average molecular weight is 278 g/mol. The van der Waals surface area contributed by atoms with Crippen LogP contribution in [0.15, 0.2) is 24.3 Å². The van der Waals surface area contributed by atoms with Gasteiger partial charge < -0.3 is 16.6 Å². The van der Waals surface area contributed by atoms with Crippen molar-refractivity contribution in [3.63, 3.8) is 0 Å². The van der Waals surface area contributed by atoms with Crippen LogP contribution >= 0.6 is 0 Å². The van der Waals surface area contributed by atoms with E-state index in [1.165, 1.54) is 12.1 Å². The molecule has 6 nitrogen and oxygen atoms in total. The van der Waals surface area contributed by atoms with Gasteiger partial charge in [0.1, 0.15) is 0 Å². The molecule has 0 radical (unpaired) electrons. The molecule has 0 saturated heterocycles. The Hall–Kier alpha value is -2.58. The van der Waals surface area contributed by atoms with Crippen LogP contribution in [0.1, 0.15) is 20.7 Å². The monoisotopic (exact) mass is 278 g/mol. The molecule has 0 unspecified atom stereocenters. The largest absolute Gasteiger partial charge is 0.490 e. The molecule has 0 aliphatic rings. The standard InChI is InChI=1S/C8H8N2O2.C2HF3O2/c9-7(11)5-3-1-2-4-6(5)8(10)12;3-2(4,5)1(6)7/h1-4H,(H2,9,11)(H2,10,12);(H,6,7). The maximum atomic E-state index is 10.7. The Kier molecular flexibility index (Phi) is 5.51. The molecule has 0 aliphatic carbocycles. The lowest BCUT2D eigenvalue weighted by atomic mass is 10.1. The highest BCUT2D eigenvalue weighted by Crippen LogP contribution is 2.13. The molecule has 0 spiro atoms. The number of hydrogen-bond acceptors (Lipinski definition) is 3. The molecule has 0 heterocycles. The van der Waals surface area contributed by atoms with Crippen molar-refractivity contribution in [1.82, 2.24) is 0 Å². The zero-order chi connectivity index (χ0) is 15.2. The number of carboxylic acid groups (broad SMARTS) is 1. The summed E-state index contributed by atoms with van der Waals surface area (Å²) in [5.74, 6) is -4.05. The quantitative estimate of drug-likeness (QED) is 0.729. The highest BCUT2D eigenvalue weighted by Gasteiger charge is 2.38. The summed E-state index contributed by atoms with van der Waals surface area (Å²) in [5, 5.41) is 7.12. The Morgan fingerprint density at radius 2 is 1.21 bits per heavy atom. The number of halogens is 3. The summed E-state index contributed by atoms with van der Waals surface area (Å²) in [7, 11) is 0. The summed E-state index contributed by atoms with van der Waals surface area (Å²) in [6.07, 6.45) is -5.08. The van der Waals surface area contributed by atoms with Gasteiger partial charge in [-0.05, 0) is 12.1 Å². The number of carbonyl (C=O) groups excluding carboxylic acids is 2. The van der Waals surface area contributed by atoms with Crippen molar-refractivity contribution in [2.75, 3.05) is 0 Å². The second kappa shape index (κ2) is 6.38. The maximum Gasteiger partial charge on any atom is 0.490 e. The predicted molar refractivity (Wildman–Crippen MR) is 57.2 cm³/mol. The Bertz CT molecular complexity index is 467. The van der Waals surface area contributed by atoms with Gasteiger partial charge in [0.05, 0.1) is 11.1 Å². The van der Waals surface area contributed by atoms with Gasteiger partial charge in [-0.1, -0.05) is 12.1 Å². The van der Waals surface area contributed by atoms with Crippen LogP contribution in [0.4, 0.5) is 13.2 Å². The van der Waals surface area contributed by atoms with Gasteiger partial charge >= 0.3 is 12.1 Å². The number of benzene rings is 1. The van der Waals surface area contributed by atoms with Crippen molar-refractivity contribution in [2.45, 2.75) is 6.18 Å². The number of amides is 2. The SMILES string of the molecule is NC(=O)c1ccccc1C(N)=O.O=C(O)C(F)(F)F. The van der Waals surface area contributed by atoms with Crippen LogP contribution in [0.25, 0.3) is 0 Å². The van der Waals surface area contributed by atoms with Crippen molar-refractivity contribution in [3.05, 3.63) is 35.4 Å². The lowest BCUT2D eigenvalue weighted by Gasteiger charge is -2.00. The third kappa shape index (κ3) is 5.52. The van der Waals surface area contributed by atoms with E-state index >= 15 is 0 Å². The van der Waals surface area contributed by atoms with Crippen LogP contribution < -0.4 is 11.5 Å². The van der Waals surface area contributed by atoms with Gasteiger partial charge in [-0.15, -0.1) is 0 Å². The van der Waals surface area contributed by atoms with Crippen molar-refractivity contribution in [2.24, 2.45) is 11.5 Å². The van der Waals surface area contributed by atoms with Crippen LogP contribution in [0, 0.1) is 0 Å². The Labute approximate surface area is 104 Å². The van der Waals surface area contributed by atoms with E-state index in [0.29, 0.717) is 0 Å². The molecule has 0 saturated carbocycles. The van der Waals surface area contributed by atoms with Crippen molar-refractivity contribution in [3.8, 4) is 0 Å². The first-order valence-electron chi connectivity index (χ1n) is 4.56. The molecule has 0 aromatic heterocycles. The third-order valence-corrected chi connectivity index (χ3v) is 1.70. The molecule has 5 N–H and O–H groups in total. The van der Waals surface area contributed by atoms with Crippen molar-refractivity contribution in [1.29, 1.82) is 0 Å². The molecule has 2 amide bonds. The van der Waals surface area contributed by atoms with Crippen LogP contribution in [0.2, 0.25) is 0 Å². The number of aliphatic carboxylic acids is 1. The number of nitrogens with two attached hydrogens (primary N) is 2. The topological polar surface area (TPSA) is 123 Å². The number of carbonyl (C=O) groups is 3. The maximum absolute atomic E-state index is 10.7. The minimum Gasteiger partial charge on any atom is -0.475 e. The summed E-state index contributed by atoms with van der Waals surface area (Å²) in [6, 6.07) is 6.16. The van der Waals surface area contributed by atoms with E-state index in [4.69, 9.17) is 21.4 Å². The van der Waals surface area contributed by atoms with Crippen LogP contribution in [-0.2, 0) is 4.79 Å².